The van der Waals surface area contributed by atoms with Crippen LogP contribution < -0.4 is 10.5 Å². The number of hydrogen-bond donors (Lipinski definition) is 1. The summed E-state index contributed by atoms with van der Waals surface area (Å²) in [5, 5.41) is 0. The van der Waals surface area contributed by atoms with E-state index in [2.05, 4.69) is 26.0 Å². The Balaban J connectivity index is 2.40. The molecule has 2 unspecified atom stereocenters. The molecule has 0 saturated carbocycles. The van der Waals surface area contributed by atoms with E-state index in [1.807, 2.05) is 19.1 Å². The van der Waals surface area contributed by atoms with Crippen molar-refractivity contribution >= 4 is 5.91 Å². The fourth-order valence-corrected chi connectivity index (χ4v) is 3.88. The van der Waals surface area contributed by atoms with Crippen LogP contribution in [0.3, 0.4) is 0 Å². The van der Waals surface area contributed by atoms with Crippen molar-refractivity contribution in [3.63, 3.8) is 0 Å². The van der Waals surface area contributed by atoms with Crippen LogP contribution in [0.2, 0.25) is 0 Å². The van der Waals surface area contributed by atoms with Gasteiger partial charge >= 0.3 is 0 Å². The molecule has 0 aliphatic heterocycles. The van der Waals surface area contributed by atoms with E-state index >= 15 is 0 Å². The predicted octanol–water partition coefficient (Wildman–Crippen LogP) is 7.13. The maximum atomic E-state index is 11.6. The van der Waals surface area contributed by atoms with Crippen molar-refractivity contribution in [3.05, 3.63) is 29.8 Å². The summed E-state index contributed by atoms with van der Waals surface area (Å²) in [5.74, 6) is 0.919. The van der Waals surface area contributed by atoms with Gasteiger partial charge in [-0.1, -0.05) is 103 Å². The van der Waals surface area contributed by atoms with Gasteiger partial charge in [-0.3, -0.25) is 4.79 Å². The summed E-state index contributed by atoms with van der Waals surface area (Å²) in [5.41, 5.74) is 6.68. The van der Waals surface area contributed by atoms with Crippen molar-refractivity contribution in [2.45, 2.75) is 116 Å². The number of hydrogen-bond acceptors (Lipinski definition) is 2. The normalized spacial score (nSPS) is 13.2. The Morgan fingerprint density at radius 2 is 1.43 bits per heavy atom. The Hall–Kier alpha value is -1.51. The summed E-state index contributed by atoms with van der Waals surface area (Å²) in [6.45, 7) is 6.44. The Morgan fingerprint density at radius 3 is 1.96 bits per heavy atom. The van der Waals surface area contributed by atoms with Gasteiger partial charge in [0.15, 0.2) is 6.10 Å². The van der Waals surface area contributed by atoms with Gasteiger partial charge < -0.3 is 10.5 Å². The van der Waals surface area contributed by atoms with Crippen molar-refractivity contribution < 1.29 is 9.53 Å². The number of nitrogens with two attached hydrogens (primary N) is 1. The first-order valence-electron chi connectivity index (χ1n) is 11.7. The number of ether oxygens (including phenoxy) is 1. The van der Waals surface area contributed by atoms with E-state index in [0.29, 0.717) is 12.3 Å². The van der Waals surface area contributed by atoms with E-state index in [1.165, 1.54) is 76.2 Å². The summed E-state index contributed by atoms with van der Waals surface area (Å²) >= 11 is 0. The van der Waals surface area contributed by atoms with Gasteiger partial charge in [0.25, 0.3) is 5.91 Å². The molecule has 0 saturated heterocycles. The van der Waals surface area contributed by atoms with Crippen molar-refractivity contribution in [3.8, 4) is 5.75 Å². The van der Waals surface area contributed by atoms with Crippen LogP contribution in [0.25, 0.3) is 0 Å². The minimum atomic E-state index is -0.545. The summed E-state index contributed by atoms with van der Waals surface area (Å²) in [7, 11) is 0. The lowest BCUT2D eigenvalue weighted by atomic mass is 9.90. The Kier molecular flexibility index (Phi) is 13.5. The number of rotatable bonds is 17. The first-order chi connectivity index (χ1) is 13.6. The molecule has 0 radical (unpaired) electrons. The molecular weight excluding hydrogens is 346 g/mol. The summed E-state index contributed by atoms with van der Waals surface area (Å²) in [4.78, 5) is 11.6. The molecule has 160 valence electrons. The molecule has 3 heteroatoms. The number of carbonyl (C=O) groups excluding carboxylic acids is 1. The molecule has 3 nitrogen and oxygen atoms in total. The maximum absolute atomic E-state index is 11.6. The Bertz CT molecular complexity index is 529. The first kappa shape index (κ1) is 24.5. The molecule has 0 heterocycles. The predicted molar refractivity (Wildman–Crippen MR) is 120 cm³/mol. The van der Waals surface area contributed by atoms with Crippen LogP contribution in [0.5, 0.6) is 5.75 Å². The molecule has 0 spiro atoms. The van der Waals surface area contributed by atoms with Crippen molar-refractivity contribution in [1.29, 1.82) is 0 Å². The number of amides is 1. The highest BCUT2D eigenvalue weighted by Crippen LogP contribution is 2.33. The quantitative estimate of drug-likeness (QED) is 0.288. The monoisotopic (exact) mass is 389 g/mol. The van der Waals surface area contributed by atoms with Crippen LogP contribution in [-0.4, -0.2) is 12.0 Å². The summed E-state index contributed by atoms with van der Waals surface area (Å²) in [6.07, 6.45) is 15.9. The van der Waals surface area contributed by atoms with E-state index in [1.54, 1.807) is 0 Å². The highest BCUT2D eigenvalue weighted by atomic mass is 16.5. The lowest BCUT2D eigenvalue weighted by molar-refractivity contribution is -0.124. The SMILES string of the molecule is CCCCCCCCCCCCC(CC)c1ccccc1OC(CC)C(N)=O. The number of unbranched alkanes of at least 4 members (excludes halogenated alkanes) is 9. The second kappa shape index (κ2) is 15.4. The zero-order valence-corrected chi connectivity index (χ0v) is 18.6. The van der Waals surface area contributed by atoms with E-state index in [9.17, 15) is 4.79 Å². The Morgan fingerprint density at radius 1 is 0.857 bits per heavy atom. The van der Waals surface area contributed by atoms with Crippen molar-refractivity contribution in [1.82, 2.24) is 0 Å². The van der Waals surface area contributed by atoms with Crippen LogP contribution in [-0.2, 0) is 4.79 Å². The molecule has 0 bridgehead atoms. The minimum Gasteiger partial charge on any atom is -0.480 e. The lowest BCUT2D eigenvalue weighted by Gasteiger charge is -2.22. The van der Waals surface area contributed by atoms with Gasteiger partial charge in [-0.15, -0.1) is 0 Å². The van der Waals surface area contributed by atoms with Gasteiger partial charge in [-0.05, 0) is 36.8 Å². The topological polar surface area (TPSA) is 52.3 Å². The van der Waals surface area contributed by atoms with Gasteiger partial charge in [-0.25, -0.2) is 0 Å². The molecule has 0 fully saturated rings. The van der Waals surface area contributed by atoms with Crippen LogP contribution in [0.4, 0.5) is 0 Å². The summed E-state index contributed by atoms with van der Waals surface area (Å²) in [6, 6.07) is 8.16. The first-order valence-corrected chi connectivity index (χ1v) is 11.7. The molecule has 2 atom stereocenters. The van der Waals surface area contributed by atoms with Crippen LogP contribution >= 0.6 is 0 Å². The van der Waals surface area contributed by atoms with Crippen LogP contribution in [0.15, 0.2) is 24.3 Å². The highest BCUT2D eigenvalue weighted by Gasteiger charge is 2.19. The average molecular weight is 390 g/mol. The largest absolute Gasteiger partial charge is 0.480 e. The van der Waals surface area contributed by atoms with E-state index in [0.717, 1.165) is 12.2 Å². The smallest absolute Gasteiger partial charge is 0.258 e. The van der Waals surface area contributed by atoms with E-state index in [4.69, 9.17) is 10.5 Å². The number of para-hydroxylation sites is 1. The van der Waals surface area contributed by atoms with Crippen LogP contribution in [0.1, 0.15) is 116 Å². The van der Waals surface area contributed by atoms with Crippen molar-refractivity contribution in [2.24, 2.45) is 5.73 Å². The fraction of sp³-hybridized carbons (Fsp3) is 0.720. The zero-order chi connectivity index (χ0) is 20.6. The molecule has 2 N–H and O–H groups in total. The molecule has 0 aromatic heterocycles. The average Bonchev–Trinajstić information content (AvgIpc) is 2.70. The maximum Gasteiger partial charge on any atom is 0.258 e. The van der Waals surface area contributed by atoms with Gasteiger partial charge in [0.1, 0.15) is 5.75 Å². The number of benzene rings is 1. The second-order valence-corrected chi connectivity index (χ2v) is 8.03. The molecule has 1 aromatic rings. The molecule has 0 aliphatic rings. The molecule has 1 amide bonds. The Labute approximate surface area is 173 Å². The van der Waals surface area contributed by atoms with Gasteiger partial charge in [0.05, 0.1) is 0 Å². The molecule has 1 rings (SSSR count). The molecule has 1 aromatic carbocycles. The second-order valence-electron chi connectivity index (χ2n) is 8.03. The van der Waals surface area contributed by atoms with Gasteiger partial charge in [0.2, 0.25) is 0 Å². The van der Waals surface area contributed by atoms with E-state index in [-0.39, 0.29) is 5.91 Å². The molecule has 0 aliphatic carbocycles. The third-order valence-electron chi connectivity index (χ3n) is 5.72. The molecular formula is C25H43NO2. The lowest BCUT2D eigenvalue weighted by Crippen LogP contribution is -2.33. The highest BCUT2D eigenvalue weighted by molar-refractivity contribution is 5.79. The standard InChI is InChI=1S/C25H43NO2/c1-4-7-8-9-10-11-12-13-14-15-18-21(5-2)22-19-16-17-20-24(22)28-23(6-3)25(26)27/h16-17,19-21,23H,4-15,18H2,1-3H3,(H2,26,27). The summed E-state index contributed by atoms with van der Waals surface area (Å²) < 4.78 is 5.96. The number of primary amides is 1. The third kappa shape index (κ3) is 9.61. The van der Waals surface area contributed by atoms with Gasteiger partial charge in [0, 0.05) is 0 Å². The third-order valence-corrected chi connectivity index (χ3v) is 5.72. The minimum absolute atomic E-state index is 0.389. The van der Waals surface area contributed by atoms with Crippen LogP contribution in [0, 0.1) is 0 Å². The van der Waals surface area contributed by atoms with Crippen molar-refractivity contribution in [2.75, 3.05) is 0 Å². The van der Waals surface area contributed by atoms with Gasteiger partial charge in [-0.2, -0.15) is 0 Å². The zero-order valence-electron chi connectivity index (χ0n) is 18.6. The fourth-order valence-electron chi connectivity index (χ4n) is 3.88. The number of carbonyl (C=O) groups is 1. The molecule has 28 heavy (non-hydrogen) atoms. The van der Waals surface area contributed by atoms with E-state index < -0.39 is 6.10 Å².